The van der Waals surface area contributed by atoms with E-state index in [1.807, 2.05) is 6.92 Å². The van der Waals surface area contributed by atoms with Crippen LogP contribution in [-0.4, -0.2) is 20.6 Å². The molecule has 0 spiro atoms. The second kappa shape index (κ2) is 6.83. The summed E-state index contributed by atoms with van der Waals surface area (Å²) in [5, 5.41) is 2.67. The topological polar surface area (TPSA) is 63.2 Å². The molecule has 0 saturated carbocycles. The van der Waals surface area contributed by atoms with E-state index in [4.69, 9.17) is 0 Å². The molecule has 0 saturated heterocycles. The number of amides is 1. The first-order valence-corrected chi connectivity index (χ1v) is 8.56. The van der Waals surface area contributed by atoms with Crippen LogP contribution < -0.4 is 5.32 Å². The number of nitrogens with one attached hydrogen (secondary N) is 1. The number of rotatable bonds is 6. The minimum atomic E-state index is -3.30. The van der Waals surface area contributed by atoms with E-state index in [-0.39, 0.29) is 23.1 Å². The van der Waals surface area contributed by atoms with Gasteiger partial charge in [-0.1, -0.05) is 20.3 Å². The van der Waals surface area contributed by atoms with Crippen LogP contribution >= 0.6 is 0 Å². The van der Waals surface area contributed by atoms with Gasteiger partial charge in [-0.3, -0.25) is 4.79 Å². The van der Waals surface area contributed by atoms with Crippen molar-refractivity contribution < 1.29 is 17.6 Å². The van der Waals surface area contributed by atoms with Gasteiger partial charge in [0.1, 0.15) is 5.82 Å². The number of benzene rings is 1. The number of carbonyl (C=O) groups excluding carboxylic acids is 1. The molecule has 1 rings (SSSR count). The summed E-state index contributed by atoms with van der Waals surface area (Å²) in [6.45, 7) is 3.79. The van der Waals surface area contributed by atoms with Crippen molar-refractivity contribution >= 4 is 21.4 Å². The lowest BCUT2D eigenvalue weighted by atomic mass is 10.1. The molecule has 0 heterocycles. The Morgan fingerprint density at radius 2 is 2.05 bits per heavy atom. The maximum Gasteiger partial charge on any atom is 0.227 e. The summed E-state index contributed by atoms with van der Waals surface area (Å²) in [5.74, 6) is -1.18. The van der Waals surface area contributed by atoms with Gasteiger partial charge in [-0.15, -0.1) is 0 Å². The highest BCUT2D eigenvalue weighted by atomic mass is 32.2. The van der Waals surface area contributed by atoms with Crippen molar-refractivity contribution in [3.8, 4) is 0 Å². The quantitative estimate of drug-likeness (QED) is 0.878. The normalized spacial score (nSPS) is 13.0. The summed E-state index contributed by atoms with van der Waals surface area (Å²) in [6.07, 6.45) is 2.70. The average molecular weight is 301 g/mol. The summed E-state index contributed by atoms with van der Waals surface area (Å²) in [5.41, 5.74) is 0.620. The summed E-state index contributed by atoms with van der Waals surface area (Å²) < 4.78 is 35.9. The Balaban J connectivity index is 2.97. The minimum Gasteiger partial charge on any atom is -0.326 e. The van der Waals surface area contributed by atoms with Crippen LogP contribution in [0.2, 0.25) is 0 Å². The van der Waals surface area contributed by atoms with E-state index in [9.17, 15) is 17.6 Å². The van der Waals surface area contributed by atoms with Crippen molar-refractivity contribution in [3.05, 3.63) is 29.6 Å². The molecule has 0 aromatic heterocycles. The van der Waals surface area contributed by atoms with Gasteiger partial charge in [-0.2, -0.15) is 0 Å². The molecule has 0 bridgehead atoms. The van der Waals surface area contributed by atoms with Crippen molar-refractivity contribution in [2.45, 2.75) is 32.4 Å². The van der Waals surface area contributed by atoms with Crippen molar-refractivity contribution in [2.24, 2.45) is 5.92 Å². The minimum absolute atomic E-state index is 0.170. The fourth-order valence-electron chi connectivity index (χ4n) is 1.91. The standard InChI is InChI=1S/C14H20FNO3S/c1-4-5-10(2)14(17)16-13-7-6-12(15)8-11(13)9-20(3,18)19/h6-8,10H,4-5,9H2,1-3H3,(H,16,17). The Hall–Kier alpha value is -1.43. The van der Waals surface area contributed by atoms with Gasteiger partial charge in [0.2, 0.25) is 5.91 Å². The third-order valence-electron chi connectivity index (χ3n) is 2.91. The number of halogens is 1. The SMILES string of the molecule is CCCC(C)C(=O)Nc1ccc(F)cc1CS(C)(=O)=O. The Morgan fingerprint density at radius 1 is 1.40 bits per heavy atom. The Morgan fingerprint density at radius 3 is 2.60 bits per heavy atom. The number of hydrogen-bond acceptors (Lipinski definition) is 3. The molecule has 0 aliphatic carbocycles. The molecule has 1 aromatic carbocycles. The van der Waals surface area contributed by atoms with Gasteiger partial charge in [0.05, 0.1) is 5.75 Å². The first kappa shape index (κ1) is 16.6. The molecule has 20 heavy (non-hydrogen) atoms. The molecule has 4 nitrogen and oxygen atoms in total. The predicted molar refractivity (Wildman–Crippen MR) is 77.6 cm³/mol. The van der Waals surface area contributed by atoms with Crippen molar-refractivity contribution in [1.82, 2.24) is 0 Å². The fourth-order valence-corrected chi connectivity index (χ4v) is 2.71. The molecule has 0 radical (unpaired) electrons. The van der Waals surface area contributed by atoms with E-state index in [0.29, 0.717) is 5.69 Å². The van der Waals surface area contributed by atoms with Gasteiger partial charge >= 0.3 is 0 Å². The third kappa shape index (κ3) is 5.28. The van der Waals surface area contributed by atoms with Crippen LogP contribution in [0.5, 0.6) is 0 Å². The van der Waals surface area contributed by atoms with E-state index in [2.05, 4.69) is 5.32 Å². The Kier molecular flexibility index (Phi) is 5.68. The molecule has 112 valence electrons. The van der Waals surface area contributed by atoms with E-state index in [1.165, 1.54) is 12.1 Å². The van der Waals surface area contributed by atoms with Crippen molar-refractivity contribution in [1.29, 1.82) is 0 Å². The van der Waals surface area contributed by atoms with Crippen LogP contribution in [0.3, 0.4) is 0 Å². The molecular formula is C14H20FNO3S. The lowest BCUT2D eigenvalue weighted by molar-refractivity contribution is -0.119. The molecular weight excluding hydrogens is 281 g/mol. The average Bonchev–Trinajstić information content (AvgIpc) is 2.30. The zero-order chi connectivity index (χ0) is 15.3. The first-order chi connectivity index (χ1) is 9.23. The zero-order valence-electron chi connectivity index (χ0n) is 11.9. The van der Waals surface area contributed by atoms with Gasteiger partial charge in [0.15, 0.2) is 9.84 Å². The molecule has 1 atom stereocenters. The molecule has 0 fully saturated rings. The maximum absolute atomic E-state index is 13.2. The number of anilines is 1. The zero-order valence-corrected chi connectivity index (χ0v) is 12.8. The number of hydrogen-bond donors (Lipinski definition) is 1. The smallest absolute Gasteiger partial charge is 0.227 e. The van der Waals surface area contributed by atoms with Crippen molar-refractivity contribution in [3.63, 3.8) is 0 Å². The number of sulfone groups is 1. The maximum atomic E-state index is 13.2. The lowest BCUT2D eigenvalue weighted by Gasteiger charge is -2.14. The van der Waals surface area contributed by atoms with E-state index in [1.54, 1.807) is 6.92 Å². The van der Waals surface area contributed by atoms with Crippen LogP contribution in [0.25, 0.3) is 0 Å². The summed E-state index contributed by atoms with van der Waals surface area (Å²) in [7, 11) is -3.30. The van der Waals surface area contributed by atoms with Crippen LogP contribution in [0.15, 0.2) is 18.2 Å². The van der Waals surface area contributed by atoms with Crippen LogP contribution in [0, 0.1) is 11.7 Å². The van der Waals surface area contributed by atoms with Gasteiger partial charge in [-0.25, -0.2) is 12.8 Å². The third-order valence-corrected chi connectivity index (χ3v) is 3.75. The highest BCUT2D eigenvalue weighted by molar-refractivity contribution is 7.89. The second-order valence-electron chi connectivity index (χ2n) is 5.05. The van der Waals surface area contributed by atoms with Crippen LogP contribution in [0.1, 0.15) is 32.3 Å². The molecule has 0 aliphatic heterocycles. The molecule has 1 amide bonds. The first-order valence-electron chi connectivity index (χ1n) is 6.50. The van der Waals surface area contributed by atoms with Gasteiger partial charge in [0, 0.05) is 17.9 Å². The monoisotopic (exact) mass is 301 g/mol. The van der Waals surface area contributed by atoms with E-state index < -0.39 is 15.7 Å². The highest BCUT2D eigenvalue weighted by Crippen LogP contribution is 2.21. The van der Waals surface area contributed by atoms with E-state index in [0.717, 1.165) is 25.2 Å². The van der Waals surface area contributed by atoms with Crippen molar-refractivity contribution in [2.75, 3.05) is 11.6 Å². The summed E-state index contributed by atoms with van der Waals surface area (Å²) in [4.78, 5) is 12.0. The molecule has 1 unspecified atom stereocenters. The lowest BCUT2D eigenvalue weighted by Crippen LogP contribution is -2.21. The Labute approximate surface area is 119 Å². The summed E-state index contributed by atoms with van der Waals surface area (Å²) in [6, 6.07) is 3.74. The predicted octanol–water partition coefficient (Wildman–Crippen LogP) is 2.75. The van der Waals surface area contributed by atoms with Gasteiger partial charge < -0.3 is 5.32 Å². The van der Waals surface area contributed by atoms with Crippen LogP contribution in [-0.2, 0) is 20.4 Å². The van der Waals surface area contributed by atoms with Crippen LogP contribution in [0.4, 0.5) is 10.1 Å². The highest BCUT2D eigenvalue weighted by Gasteiger charge is 2.16. The Bertz CT molecular complexity index is 584. The number of carbonyl (C=O) groups is 1. The molecule has 1 N–H and O–H groups in total. The largest absolute Gasteiger partial charge is 0.326 e. The molecule has 1 aromatic rings. The molecule has 0 aliphatic rings. The van der Waals surface area contributed by atoms with Gasteiger partial charge in [-0.05, 0) is 30.2 Å². The summed E-state index contributed by atoms with van der Waals surface area (Å²) >= 11 is 0. The second-order valence-corrected chi connectivity index (χ2v) is 7.19. The fraction of sp³-hybridized carbons (Fsp3) is 0.500. The van der Waals surface area contributed by atoms with Gasteiger partial charge in [0.25, 0.3) is 0 Å². The molecule has 6 heteroatoms. The van der Waals surface area contributed by atoms with E-state index >= 15 is 0 Å².